The number of hydrogen-bond acceptors (Lipinski definition) is 4. The average Bonchev–Trinajstić information content (AvgIpc) is 2.59. The number of carboxylic acid groups (broad SMARTS) is 1. The molecule has 0 unspecified atom stereocenters. The number of carbonyl (C=O) groups is 1. The highest BCUT2D eigenvalue weighted by Gasteiger charge is 2.27. The summed E-state index contributed by atoms with van der Waals surface area (Å²) in [5, 5.41) is 9.06. The summed E-state index contributed by atoms with van der Waals surface area (Å²) in [5.41, 5.74) is 1.72. The fourth-order valence-corrected chi connectivity index (χ4v) is 2.07. The Morgan fingerprint density at radius 3 is 2.81 bits per heavy atom. The third-order valence-corrected chi connectivity index (χ3v) is 2.97. The summed E-state index contributed by atoms with van der Waals surface area (Å²) < 4.78 is 0.238. The van der Waals surface area contributed by atoms with Crippen LogP contribution in [-0.2, 0) is 13.1 Å². The van der Waals surface area contributed by atoms with Gasteiger partial charge in [-0.1, -0.05) is 0 Å². The number of rotatable bonds is 2. The second-order valence-corrected chi connectivity index (χ2v) is 4.54. The molecule has 0 bridgehead atoms. The molecule has 0 amide bonds. The van der Waals surface area contributed by atoms with E-state index in [9.17, 15) is 4.79 Å². The number of nitrogens with zero attached hydrogens (tertiary/aromatic N) is 2. The van der Waals surface area contributed by atoms with Crippen LogP contribution in [0.4, 0.5) is 0 Å². The van der Waals surface area contributed by atoms with E-state index < -0.39 is 5.97 Å². The summed E-state index contributed by atoms with van der Waals surface area (Å²) >= 11 is 4.92. The summed E-state index contributed by atoms with van der Waals surface area (Å²) in [5.74, 6) is -1.01. The molecule has 6 heteroatoms. The number of nitrogens with one attached hydrogen (secondary N) is 1. The first kappa shape index (κ1) is 11.2. The van der Waals surface area contributed by atoms with Crippen molar-refractivity contribution < 1.29 is 9.90 Å². The second kappa shape index (κ2) is 3.95. The van der Waals surface area contributed by atoms with Crippen molar-refractivity contribution in [2.45, 2.75) is 33.0 Å². The van der Waals surface area contributed by atoms with Crippen molar-refractivity contribution in [1.29, 1.82) is 0 Å². The molecule has 0 aliphatic carbocycles. The van der Waals surface area contributed by atoms with Gasteiger partial charge in [-0.2, -0.15) is 0 Å². The number of fused-ring (bicyclic) bond motifs is 1. The minimum absolute atomic E-state index is 0.0851. The summed E-state index contributed by atoms with van der Waals surface area (Å²) in [6, 6.07) is 0.371. The van der Waals surface area contributed by atoms with Gasteiger partial charge < -0.3 is 10.1 Å². The van der Waals surface area contributed by atoms with Gasteiger partial charge in [-0.15, -0.1) is 0 Å². The van der Waals surface area contributed by atoms with Gasteiger partial charge in [0.1, 0.15) is 0 Å². The van der Waals surface area contributed by atoms with E-state index in [0.717, 1.165) is 11.3 Å². The van der Waals surface area contributed by atoms with Crippen LogP contribution in [0, 0.1) is 4.77 Å². The van der Waals surface area contributed by atoms with Crippen molar-refractivity contribution in [3.8, 4) is 0 Å². The van der Waals surface area contributed by atoms with Crippen molar-refractivity contribution in [2.24, 2.45) is 0 Å². The third-order valence-electron chi connectivity index (χ3n) is 2.78. The zero-order valence-corrected chi connectivity index (χ0v) is 9.97. The van der Waals surface area contributed by atoms with Crippen LogP contribution in [0.5, 0.6) is 0 Å². The van der Waals surface area contributed by atoms with E-state index in [4.69, 9.17) is 17.3 Å². The molecule has 0 saturated carbocycles. The van der Waals surface area contributed by atoms with Gasteiger partial charge in [-0.25, -0.2) is 9.78 Å². The SMILES string of the molecule is CC(C)N1Cc2[nH]c(=S)nc(C(=O)O)c2C1. The maximum Gasteiger partial charge on any atom is 0.355 e. The molecule has 0 atom stereocenters. The predicted molar refractivity (Wildman–Crippen MR) is 60.8 cm³/mol. The molecule has 16 heavy (non-hydrogen) atoms. The van der Waals surface area contributed by atoms with Crippen LogP contribution in [0.1, 0.15) is 35.6 Å². The molecule has 1 aromatic rings. The Hall–Kier alpha value is -1.27. The van der Waals surface area contributed by atoms with Crippen LogP contribution in [0.2, 0.25) is 0 Å². The molecular weight excluding hydrogens is 226 g/mol. The van der Waals surface area contributed by atoms with Crippen molar-refractivity contribution in [3.05, 3.63) is 21.7 Å². The maximum atomic E-state index is 11.0. The van der Waals surface area contributed by atoms with E-state index in [1.54, 1.807) is 0 Å². The topological polar surface area (TPSA) is 69.2 Å². The van der Waals surface area contributed by atoms with Crippen LogP contribution in [-0.4, -0.2) is 32.0 Å². The van der Waals surface area contributed by atoms with Gasteiger partial charge in [0.15, 0.2) is 10.5 Å². The Balaban J connectivity index is 2.48. The van der Waals surface area contributed by atoms with Crippen LogP contribution in [0.25, 0.3) is 0 Å². The summed E-state index contributed by atoms with van der Waals surface area (Å²) in [4.78, 5) is 20.1. The average molecular weight is 239 g/mol. The Bertz CT molecular complexity index is 495. The summed E-state index contributed by atoms with van der Waals surface area (Å²) in [7, 11) is 0. The number of aromatic amines is 1. The summed E-state index contributed by atoms with van der Waals surface area (Å²) in [6.07, 6.45) is 0. The number of hydrogen-bond donors (Lipinski definition) is 2. The smallest absolute Gasteiger partial charge is 0.355 e. The fourth-order valence-electron chi connectivity index (χ4n) is 1.85. The van der Waals surface area contributed by atoms with Gasteiger partial charge in [0, 0.05) is 30.4 Å². The molecule has 1 aromatic heterocycles. The Morgan fingerprint density at radius 2 is 2.25 bits per heavy atom. The minimum Gasteiger partial charge on any atom is -0.476 e. The molecule has 2 N–H and O–H groups in total. The van der Waals surface area contributed by atoms with E-state index in [-0.39, 0.29) is 10.5 Å². The molecule has 0 aromatic carbocycles. The van der Waals surface area contributed by atoms with E-state index in [0.29, 0.717) is 19.1 Å². The Kier molecular flexibility index (Phi) is 2.77. The number of aromatic carboxylic acids is 1. The first-order valence-electron chi connectivity index (χ1n) is 5.08. The highest BCUT2D eigenvalue weighted by Crippen LogP contribution is 2.24. The van der Waals surface area contributed by atoms with E-state index in [1.165, 1.54) is 0 Å². The number of H-pyrrole nitrogens is 1. The molecule has 0 spiro atoms. The molecule has 0 radical (unpaired) electrons. The third kappa shape index (κ3) is 1.85. The first-order valence-corrected chi connectivity index (χ1v) is 5.49. The Morgan fingerprint density at radius 1 is 1.56 bits per heavy atom. The van der Waals surface area contributed by atoms with Gasteiger partial charge in [0.2, 0.25) is 0 Å². The quantitative estimate of drug-likeness (QED) is 0.766. The lowest BCUT2D eigenvalue weighted by Crippen LogP contribution is -2.24. The van der Waals surface area contributed by atoms with Crippen molar-refractivity contribution >= 4 is 18.2 Å². The van der Waals surface area contributed by atoms with E-state index in [2.05, 4.69) is 28.7 Å². The van der Waals surface area contributed by atoms with Gasteiger partial charge >= 0.3 is 5.97 Å². The molecule has 5 nitrogen and oxygen atoms in total. The Labute approximate surface area is 98.1 Å². The van der Waals surface area contributed by atoms with Crippen molar-refractivity contribution in [3.63, 3.8) is 0 Å². The van der Waals surface area contributed by atoms with Gasteiger partial charge in [-0.05, 0) is 26.1 Å². The molecular formula is C10H13N3O2S. The molecule has 2 heterocycles. The summed E-state index contributed by atoms with van der Waals surface area (Å²) in [6.45, 7) is 5.48. The van der Waals surface area contributed by atoms with Crippen LogP contribution < -0.4 is 0 Å². The molecule has 1 aliphatic rings. The molecule has 2 rings (SSSR count). The minimum atomic E-state index is -1.01. The van der Waals surface area contributed by atoms with E-state index in [1.807, 2.05) is 0 Å². The molecule has 0 saturated heterocycles. The zero-order chi connectivity index (χ0) is 11.9. The lowest BCUT2D eigenvalue weighted by atomic mass is 10.2. The normalized spacial score (nSPS) is 15.4. The van der Waals surface area contributed by atoms with E-state index >= 15 is 0 Å². The van der Waals surface area contributed by atoms with Crippen molar-refractivity contribution in [2.75, 3.05) is 0 Å². The van der Waals surface area contributed by atoms with Gasteiger partial charge in [0.25, 0.3) is 0 Å². The number of carboxylic acids is 1. The zero-order valence-electron chi connectivity index (χ0n) is 9.15. The van der Waals surface area contributed by atoms with Gasteiger partial charge in [-0.3, -0.25) is 4.90 Å². The second-order valence-electron chi connectivity index (χ2n) is 4.15. The standard InChI is InChI=1S/C10H13N3O2S/c1-5(2)13-3-6-7(4-13)11-10(16)12-8(6)9(14)15/h5H,3-4H2,1-2H3,(H,14,15)(H,11,12,16). The first-order chi connectivity index (χ1) is 7.49. The van der Waals surface area contributed by atoms with Crippen LogP contribution in [0.15, 0.2) is 0 Å². The highest BCUT2D eigenvalue weighted by atomic mass is 32.1. The molecule has 1 aliphatic heterocycles. The highest BCUT2D eigenvalue weighted by molar-refractivity contribution is 7.71. The largest absolute Gasteiger partial charge is 0.476 e. The number of aromatic nitrogens is 2. The van der Waals surface area contributed by atoms with Crippen LogP contribution >= 0.6 is 12.2 Å². The molecule has 86 valence electrons. The monoisotopic (exact) mass is 239 g/mol. The lowest BCUT2D eigenvalue weighted by Gasteiger charge is -2.18. The maximum absolute atomic E-state index is 11.0. The van der Waals surface area contributed by atoms with Crippen LogP contribution in [0.3, 0.4) is 0 Å². The lowest BCUT2D eigenvalue weighted by molar-refractivity contribution is 0.0688. The predicted octanol–water partition coefficient (Wildman–Crippen LogP) is 1.56. The van der Waals surface area contributed by atoms with Crippen molar-refractivity contribution in [1.82, 2.24) is 14.9 Å². The fraction of sp³-hybridized carbons (Fsp3) is 0.500. The molecule has 0 fully saturated rings. The van der Waals surface area contributed by atoms with Gasteiger partial charge in [0.05, 0.1) is 0 Å².